The quantitative estimate of drug-likeness (QED) is 0.545. The number of hydrogen-bond donors (Lipinski definition) is 1. The van der Waals surface area contributed by atoms with Crippen molar-refractivity contribution in [3.8, 4) is 5.75 Å². The Labute approximate surface area is 187 Å². The van der Waals surface area contributed by atoms with Crippen LogP contribution >= 0.6 is 0 Å². The minimum absolute atomic E-state index is 0.0532. The van der Waals surface area contributed by atoms with Crippen molar-refractivity contribution in [2.45, 2.75) is 18.7 Å². The highest BCUT2D eigenvalue weighted by Gasteiger charge is 2.16. The van der Waals surface area contributed by atoms with E-state index in [2.05, 4.69) is 10.8 Å². The fraction of sp³-hybridized carbons (Fsp3) is 0.208. The smallest absolute Gasteiger partial charge is 0.261 e. The summed E-state index contributed by atoms with van der Waals surface area (Å²) >= 11 is 0. The summed E-state index contributed by atoms with van der Waals surface area (Å²) in [4.78, 5) is 14.1. The van der Waals surface area contributed by atoms with E-state index in [1.165, 1.54) is 24.3 Å². The molecule has 0 aliphatic carbocycles. The van der Waals surface area contributed by atoms with Crippen molar-refractivity contribution < 1.29 is 22.3 Å². The Morgan fingerprint density at radius 2 is 1.56 bits per heavy atom. The molecule has 0 saturated heterocycles. The van der Waals surface area contributed by atoms with E-state index >= 15 is 0 Å². The Kier molecular flexibility index (Phi) is 7.15. The molecule has 0 saturated carbocycles. The summed E-state index contributed by atoms with van der Waals surface area (Å²) in [7, 11) is -2.17. The zero-order valence-corrected chi connectivity index (χ0v) is 18.9. The molecular weight excluding hydrogens is 431 g/mol. The standard InChI is InChI=1S/C24H25FN2O4S/c1-17-14-18(2)16-22(15-17)31-13-12-27(3)24(28)19-4-8-21(9-5-19)26-32(29,30)23-10-6-20(25)7-11-23/h4-11,14-16,26H,12-13H2,1-3H3. The average Bonchev–Trinajstić information content (AvgIpc) is 2.73. The lowest BCUT2D eigenvalue weighted by atomic mass is 10.1. The molecule has 0 aliphatic heterocycles. The Morgan fingerprint density at radius 3 is 2.16 bits per heavy atom. The van der Waals surface area contributed by atoms with Gasteiger partial charge in [-0.2, -0.15) is 0 Å². The molecule has 0 atom stereocenters. The molecular formula is C24H25FN2O4S. The maximum absolute atomic E-state index is 13.0. The van der Waals surface area contributed by atoms with Crippen LogP contribution in [0.4, 0.5) is 10.1 Å². The largest absolute Gasteiger partial charge is 0.492 e. The minimum atomic E-state index is -3.85. The van der Waals surface area contributed by atoms with Gasteiger partial charge in [-0.3, -0.25) is 9.52 Å². The molecule has 6 nitrogen and oxygen atoms in total. The van der Waals surface area contributed by atoms with Crippen molar-refractivity contribution >= 4 is 21.6 Å². The van der Waals surface area contributed by atoms with Gasteiger partial charge in [-0.15, -0.1) is 0 Å². The molecule has 3 aromatic rings. The van der Waals surface area contributed by atoms with Crippen LogP contribution in [0.25, 0.3) is 0 Å². The van der Waals surface area contributed by atoms with Gasteiger partial charge in [0.2, 0.25) is 0 Å². The van der Waals surface area contributed by atoms with Crippen LogP contribution < -0.4 is 9.46 Å². The van der Waals surface area contributed by atoms with E-state index in [4.69, 9.17) is 4.74 Å². The third-order valence-electron chi connectivity index (χ3n) is 4.75. The number of aryl methyl sites for hydroxylation is 2. The molecule has 32 heavy (non-hydrogen) atoms. The Hall–Kier alpha value is -3.39. The molecule has 1 amide bonds. The summed E-state index contributed by atoms with van der Waals surface area (Å²) in [5.74, 6) is 0.0402. The molecule has 0 heterocycles. The van der Waals surface area contributed by atoms with Gasteiger partial charge in [0.15, 0.2) is 0 Å². The third-order valence-corrected chi connectivity index (χ3v) is 6.14. The van der Waals surface area contributed by atoms with Crippen molar-refractivity contribution in [3.63, 3.8) is 0 Å². The van der Waals surface area contributed by atoms with Gasteiger partial charge in [-0.25, -0.2) is 12.8 Å². The summed E-state index contributed by atoms with van der Waals surface area (Å²) in [6.07, 6.45) is 0. The number of nitrogens with one attached hydrogen (secondary N) is 1. The number of sulfonamides is 1. The van der Waals surface area contributed by atoms with Crippen molar-refractivity contribution in [1.82, 2.24) is 4.90 Å². The Morgan fingerprint density at radius 1 is 0.969 bits per heavy atom. The van der Waals surface area contributed by atoms with Gasteiger partial charge in [-0.1, -0.05) is 6.07 Å². The number of likely N-dealkylation sites (N-methyl/N-ethyl adjacent to an activating group) is 1. The molecule has 0 radical (unpaired) electrons. The van der Waals surface area contributed by atoms with E-state index in [1.807, 2.05) is 26.0 Å². The molecule has 0 aliphatic rings. The predicted octanol–water partition coefficient (Wildman–Crippen LogP) is 4.39. The number of carbonyl (C=O) groups excluding carboxylic acids is 1. The first-order chi connectivity index (χ1) is 15.1. The first-order valence-electron chi connectivity index (χ1n) is 9.99. The van der Waals surface area contributed by atoms with Crippen LogP contribution in [0.1, 0.15) is 21.5 Å². The number of anilines is 1. The Balaban J connectivity index is 1.57. The SMILES string of the molecule is Cc1cc(C)cc(OCCN(C)C(=O)c2ccc(NS(=O)(=O)c3ccc(F)cc3)cc2)c1. The van der Waals surface area contributed by atoms with Crippen LogP contribution in [0, 0.1) is 19.7 Å². The summed E-state index contributed by atoms with van der Waals surface area (Å²) in [5.41, 5.74) is 2.94. The van der Waals surface area contributed by atoms with Gasteiger partial charge >= 0.3 is 0 Å². The van der Waals surface area contributed by atoms with E-state index in [-0.39, 0.29) is 10.8 Å². The van der Waals surface area contributed by atoms with Crippen LogP contribution in [0.3, 0.4) is 0 Å². The molecule has 3 aromatic carbocycles. The zero-order chi connectivity index (χ0) is 23.3. The second kappa shape index (κ2) is 9.82. The van der Waals surface area contributed by atoms with Gasteiger partial charge < -0.3 is 9.64 Å². The van der Waals surface area contributed by atoms with Crippen molar-refractivity contribution in [3.05, 3.63) is 89.2 Å². The number of benzene rings is 3. The highest BCUT2D eigenvalue weighted by atomic mass is 32.2. The molecule has 168 valence electrons. The van der Waals surface area contributed by atoms with Gasteiger partial charge in [0.1, 0.15) is 18.2 Å². The first kappa shape index (κ1) is 23.3. The van der Waals surface area contributed by atoms with Crippen molar-refractivity contribution in [2.75, 3.05) is 24.9 Å². The number of rotatable bonds is 8. The lowest BCUT2D eigenvalue weighted by Crippen LogP contribution is -2.30. The van der Waals surface area contributed by atoms with E-state index in [0.717, 1.165) is 29.0 Å². The normalized spacial score (nSPS) is 11.1. The maximum Gasteiger partial charge on any atom is 0.261 e. The number of halogens is 1. The molecule has 8 heteroatoms. The van der Waals surface area contributed by atoms with Crippen LogP contribution in [-0.2, 0) is 10.0 Å². The van der Waals surface area contributed by atoms with Crippen molar-refractivity contribution in [2.24, 2.45) is 0 Å². The number of carbonyl (C=O) groups is 1. The van der Waals surface area contributed by atoms with Crippen molar-refractivity contribution in [1.29, 1.82) is 0 Å². The molecule has 0 fully saturated rings. The van der Waals surface area contributed by atoms with Gasteiger partial charge in [-0.05, 0) is 85.6 Å². The molecule has 1 N–H and O–H groups in total. The lowest BCUT2D eigenvalue weighted by Gasteiger charge is -2.18. The van der Waals surface area contributed by atoms with Crippen LogP contribution in [0.15, 0.2) is 71.6 Å². The lowest BCUT2D eigenvalue weighted by molar-refractivity contribution is 0.0773. The van der Waals surface area contributed by atoms with Crippen LogP contribution in [-0.4, -0.2) is 39.4 Å². The highest BCUT2D eigenvalue weighted by molar-refractivity contribution is 7.92. The summed E-state index contributed by atoms with van der Waals surface area (Å²) < 4.78 is 46.0. The van der Waals surface area contributed by atoms with E-state index in [0.29, 0.717) is 24.4 Å². The Bertz CT molecular complexity index is 1170. The van der Waals surface area contributed by atoms with Crippen LogP contribution in [0.2, 0.25) is 0 Å². The minimum Gasteiger partial charge on any atom is -0.492 e. The first-order valence-corrected chi connectivity index (χ1v) is 11.5. The van der Waals surface area contributed by atoms with E-state index in [1.54, 1.807) is 24.1 Å². The molecule has 0 spiro atoms. The maximum atomic E-state index is 13.0. The molecule has 0 bridgehead atoms. The van der Waals surface area contributed by atoms with E-state index < -0.39 is 15.8 Å². The van der Waals surface area contributed by atoms with Crippen LogP contribution in [0.5, 0.6) is 5.75 Å². The number of nitrogens with zero attached hydrogens (tertiary/aromatic N) is 1. The fourth-order valence-corrected chi connectivity index (χ4v) is 4.21. The van der Waals surface area contributed by atoms with Gasteiger partial charge in [0.25, 0.3) is 15.9 Å². The van der Waals surface area contributed by atoms with Gasteiger partial charge in [0.05, 0.1) is 11.4 Å². The average molecular weight is 457 g/mol. The third kappa shape index (κ3) is 6.07. The summed E-state index contributed by atoms with van der Waals surface area (Å²) in [5, 5.41) is 0. The molecule has 0 unspecified atom stereocenters. The molecule has 3 rings (SSSR count). The topological polar surface area (TPSA) is 75.7 Å². The second-order valence-electron chi connectivity index (χ2n) is 7.54. The number of hydrogen-bond acceptors (Lipinski definition) is 4. The highest BCUT2D eigenvalue weighted by Crippen LogP contribution is 2.18. The summed E-state index contributed by atoms with van der Waals surface area (Å²) in [6.45, 7) is 4.74. The number of amides is 1. The zero-order valence-electron chi connectivity index (χ0n) is 18.1. The van der Waals surface area contributed by atoms with E-state index in [9.17, 15) is 17.6 Å². The molecule has 0 aromatic heterocycles. The summed E-state index contributed by atoms with van der Waals surface area (Å²) in [6, 6.07) is 16.6. The van der Waals surface area contributed by atoms with Gasteiger partial charge in [0, 0.05) is 18.3 Å². The number of ether oxygens (including phenoxy) is 1. The fourth-order valence-electron chi connectivity index (χ4n) is 3.15. The predicted molar refractivity (Wildman–Crippen MR) is 122 cm³/mol. The second-order valence-corrected chi connectivity index (χ2v) is 9.22. The monoisotopic (exact) mass is 456 g/mol.